The van der Waals surface area contributed by atoms with E-state index in [0.29, 0.717) is 29.2 Å². The summed E-state index contributed by atoms with van der Waals surface area (Å²) in [7, 11) is 3.48. The molecule has 0 aliphatic rings. The summed E-state index contributed by atoms with van der Waals surface area (Å²) in [5, 5.41) is 3.10. The molecule has 1 amide bonds. The summed E-state index contributed by atoms with van der Waals surface area (Å²) >= 11 is 0. The lowest BCUT2D eigenvalue weighted by atomic mass is 10.1. The predicted octanol–water partition coefficient (Wildman–Crippen LogP) is 1.71. The van der Waals surface area contributed by atoms with Crippen molar-refractivity contribution in [1.82, 2.24) is 24.8 Å². The average molecular weight is 320 g/mol. The van der Waals surface area contributed by atoms with Crippen LogP contribution < -0.4 is 5.32 Å². The lowest BCUT2D eigenvalue weighted by molar-refractivity contribution is -0.127. The minimum Gasteiger partial charge on any atom is -0.349 e. The number of anilines is 2. The van der Waals surface area contributed by atoms with Gasteiger partial charge in [-0.25, -0.2) is 9.97 Å². The van der Waals surface area contributed by atoms with Crippen molar-refractivity contribution in [2.75, 3.05) is 19.4 Å². The molecule has 0 atom stereocenters. The molecule has 0 radical (unpaired) electrons. The van der Waals surface area contributed by atoms with Gasteiger partial charge in [0.05, 0.1) is 12.7 Å². The second kappa shape index (κ2) is 6.38. The molecule has 24 heavy (non-hydrogen) atoms. The summed E-state index contributed by atoms with van der Waals surface area (Å²) in [5.74, 6) is 2.95. The highest BCUT2D eigenvalue weighted by Gasteiger charge is 2.09. The Hall–Kier alpha value is -3.40. The zero-order valence-corrected chi connectivity index (χ0v) is 13.4. The number of fused-ring (bicyclic) bond motifs is 1. The van der Waals surface area contributed by atoms with Gasteiger partial charge in [0.2, 0.25) is 11.9 Å². The van der Waals surface area contributed by atoms with Crippen molar-refractivity contribution in [1.29, 1.82) is 0 Å². The lowest BCUT2D eigenvalue weighted by Crippen LogP contribution is -2.23. The fourth-order valence-electron chi connectivity index (χ4n) is 2.16. The van der Waals surface area contributed by atoms with Crippen LogP contribution in [0.25, 0.3) is 11.2 Å². The highest BCUT2D eigenvalue weighted by Crippen LogP contribution is 2.18. The number of nitrogens with one attached hydrogen (secondary N) is 2. The first-order valence-corrected chi connectivity index (χ1v) is 7.30. The highest BCUT2D eigenvalue weighted by molar-refractivity contribution is 5.79. The number of likely N-dealkylation sites (N-methyl/N-ethyl adjacent to an activating group) is 1. The Kier molecular flexibility index (Phi) is 4.12. The Morgan fingerprint density at radius 1 is 1.29 bits per heavy atom. The third-order valence-electron chi connectivity index (χ3n) is 3.49. The molecule has 7 heteroatoms. The van der Waals surface area contributed by atoms with E-state index in [4.69, 9.17) is 6.42 Å². The maximum atomic E-state index is 11.7. The van der Waals surface area contributed by atoms with Crippen LogP contribution >= 0.6 is 0 Å². The molecule has 0 aliphatic carbocycles. The van der Waals surface area contributed by atoms with Gasteiger partial charge < -0.3 is 15.2 Å². The van der Waals surface area contributed by atoms with Crippen LogP contribution in [0.4, 0.5) is 11.6 Å². The third-order valence-corrected chi connectivity index (χ3v) is 3.49. The van der Waals surface area contributed by atoms with Crippen LogP contribution in [0.3, 0.4) is 0 Å². The number of hydrogen-bond acceptors (Lipinski definition) is 5. The second-order valence-corrected chi connectivity index (χ2v) is 5.43. The smallest absolute Gasteiger partial charge is 0.230 e. The van der Waals surface area contributed by atoms with Crippen molar-refractivity contribution in [2.24, 2.45) is 0 Å². The molecule has 0 unspecified atom stereocenters. The predicted molar refractivity (Wildman–Crippen MR) is 91.7 cm³/mol. The number of amides is 1. The zero-order chi connectivity index (χ0) is 17.1. The van der Waals surface area contributed by atoms with Crippen LogP contribution in [-0.2, 0) is 11.2 Å². The third kappa shape index (κ3) is 3.17. The molecular formula is C17H16N6O. The van der Waals surface area contributed by atoms with Crippen molar-refractivity contribution >= 4 is 28.7 Å². The molecule has 3 aromatic rings. The normalized spacial score (nSPS) is 10.4. The molecule has 3 rings (SSSR count). The van der Waals surface area contributed by atoms with Crippen molar-refractivity contribution in [3.63, 3.8) is 0 Å². The van der Waals surface area contributed by atoms with E-state index in [-0.39, 0.29) is 5.91 Å². The highest BCUT2D eigenvalue weighted by atomic mass is 16.2. The number of H-pyrrole nitrogens is 1. The van der Waals surface area contributed by atoms with Gasteiger partial charge in [-0.3, -0.25) is 4.79 Å². The van der Waals surface area contributed by atoms with Crippen LogP contribution in [0, 0.1) is 12.3 Å². The van der Waals surface area contributed by atoms with Crippen molar-refractivity contribution < 1.29 is 4.79 Å². The van der Waals surface area contributed by atoms with E-state index in [9.17, 15) is 4.79 Å². The number of imidazole rings is 1. The number of carbonyl (C=O) groups is 1. The number of carbonyl (C=O) groups excluding carboxylic acids is 1. The molecule has 1 aromatic carbocycles. The lowest BCUT2D eigenvalue weighted by Gasteiger charge is -2.10. The first-order chi connectivity index (χ1) is 11.6. The van der Waals surface area contributed by atoms with Gasteiger partial charge in [-0.05, 0) is 23.6 Å². The van der Waals surface area contributed by atoms with E-state index >= 15 is 0 Å². The Labute approximate surface area is 139 Å². The molecule has 0 aliphatic heterocycles. The van der Waals surface area contributed by atoms with Crippen molar-refractivity contribution in [3.8, 4) is 12.3 Å². The number of rotatable bonds is 4. The minimum atomic E-state index is 0.0571. The van der Waals surface area contributed by atoms with Crippen LogP contribution in [0.15, 0.2) is 30.6 Å². The van der Waals surface area contributed by atoms with E-state index in [1.807, 2.05) is 24.3 Å². The number of aromatic nitrogens is 4. The van der Waals surface area contributed by atoms with Crippen LogP contribution in [0.5, 0.6) is 0 Å². The number of terminal acetylenes is 1. The molecular weight excluding hydrogens is 304 g/mol. The van der Waals surface area contributed by atoms with E-state index < -0.39 is 0 Å². The fourth-order valence-corrected chi connectivity index (χ4v) is 2.16. The van der Waals surface area contributed by atoms with Crippen molar-refractivity contribution in [2.45, 2.75) is 6.42 Å². The molecule has 0 saturated carbocycles. The van der Waals surface area contributed by atoms with E-state index in [1.165, 1.54) is 6.33 Å². The summed E-state index contributed by atoms with van der Waals surface area (Å²) in [5.41, 5.74) is 3.34. The van der Waals surface area contributed by atoms with Crippen LogP contribution in [0.1, 0.15) is 11.3 Å². The molecule has 7 nitrogen and oxygen atoms in total. The summed E-state index contributed by atoms with van der Waals surface area (Å²) in [6.45, 7) is 0. The average Bonchev–Trinajstić information content (AvgIpc) is 3.04. The van der Waals surface area contributed by atoms with Gasteiger partial charge in [0.25, 0.3) is 0 Å². The maximum Gasteiger partial charge on any atom is 0.230 e. The molecule has 120 valence electrons. The molecule has 0 saturated heterocycles. The number of benzene rings is 1. The summed E-state index contributed by atoms with van der Waals surface area (Å²) < 4.78 is 0. The van der Waals surface area contributed by atoms with Gasteiger partial charge in [-0.2, -0.15) is 4.98 Å². The van der Waals surface area contributed by atoms with Crippen LogP contribution in [-0.4, -0.2) is 44.8 Å². The van der Waals surface area contributed by atoms with E-state index in [2.05, 4.69) is 31.2 Å². The Morgan fingerprint density at radius 3 is 2.71 bits per heavy atom. The Balaban J connectivity index is 1.79. The minimum absolute atomic E-state index is 0.0571. The number of hydrogen-bond donors (Lipinski definition) is 2. The monoisotopic (exact) mass is 320 g/mol. The largest absolute Gasteiger partial charge is 0.349 e. The molecule has 2 N–H and O–H groups in total. The molecule has 2 heterocycles. The first-order valence-electron chi connectivity index (χ1n) is 7.30. The van der Waals surface area contributed by atoms with Gasteiger partial charge in [-0.1, -0.05) is 12.1 Å². The number of nitrogens with zero attached hydrogens (tertiary/aromatic N) is 4. The topological polar surface area (TPSA) is 86.8 Å². The molecule has 0 fully saturated rings. The van der Waals surface area contributed by atoms with E-state index in [0.717, 1.165) is 11.3 Å². The maximum absolute atomic E-state index is 11.7. The molecule has 2 aromatic heterocycles. The summed E-state index contributed by atoms with van der Waals surface area (Å²) in [6, 6.07) is 7.51. The fraction of sp³-hybridized carbons (Fsp3) is 0.176. The molecule has 0 spiro atoms. The van der Waals surface area contributed by atoms with Gasteiger partial charge in [0.1, 0.15) is 11.2 Å². The van der Waals surface area contributed by atoms with Gasteiger partial charge in [0, 0.05) is 19.8 Å². The number of aromatic amines is 1. The van der Waals surface area contributed by atoms with Gasteiger partial charge in [-0.15, -0.1) is 6.42 Å². The van der Waals surface area contributed by atoms with E-state index in [1.54, 1.807) is 19.0 Å². The zero-order valence-electron chi connectivity index (χ0n) is 13.4. The van der Waals surface area contributed by atoms with Gasteiger partial charge >= 0.3 is 0 Å². The Bertz CT molecular complexity index is 920. The molecule has 0 bridgehead atoms. The Morgan fingerprint density at radius 2 is 2.04 bits per heavy atom. The standard InChI is InChI=1S/C17H16N6O/c1-4-13-15-16(19-10-18-15)22-17(21-13)20-12-7-5-11(6-8-12)9-14(24)23(2)3/h1,5-8,10H,9H2,2-3H3,(H2,18,19,20,21,22). The summed E-state index contributed by atoms with van der Waals surface area (Å²) in [6.07, 6.45) is 7.37. The SMILES string of the molecule is C#Cc1nc(Nc2ccc(CC(=O)N(C)C)cc2)nc2nc[nH]c12. The second-order valence-electron chi connectivity index (χ2n) is 5.43. The van der Waals surface area contributed by atoms with Crippen molar-refractivity contribution in [3.05, 3.63) is 41.9 Å². The summed E-state index contributed by atoms with van der Waals surface area (Å²) in [4.78, 5) is 28.9. The van der Waals surface area contributed by atoms with Gasteiger partial charge in [0.15, 0.2) is 5.65 Å². The quantitative estimate of drug-likeness (QED) is 0.715. The first kappa shape index (κ1) is 15.5. The van der Waals surface area contributed by atoms with Crippen LogP contribution in [0.2, 0.25) is 0 Å².